The Morgan fingerprint density at radius 3 is 3.15 bits per heavy atom. The van der Waals surface area contributed by atoms with Crippen LogP contribution in [-0.4, -0.2) is 32.5 Å². The first kappa shape index (κ1) is 16.8. The third-order valence-corrected chi connectivity index (χ3v) is 4.51. The lowest BCUT2D eigenvalue weighted by atomic mass is 10.1. The predicted molar refractivity (Wildman–Crippen MR) is 97.4 cm³/mol. The van der Waals surface area contributed by atoms with Gasteiger partial charge in [0.25, 0.3) is 5.91 Å². The number of rotatable bonds is 4. The van der Waals surface area contributed by atoms with Gasteiger partial charge in [-0.3, -0.25) is 9.89 Å². The van der Waals surface area contributed by atoms with E-state index in [4.69, 9.17) is 16.3 Å². The second kappa shape index (κ2) is 6.93. The van der Waals surface area contributed by atoms with Crippen molar-refractivity contribution < 1.29 is 9.53 Å². The summed E-state index contributed by atoms with van der Waals surface area (Å²) in [5.74, 6) is 0.334. The number of amides is 1. The third kappa shape index (κ3) is 3.36. The summed E-state index contributed by atoms with van der Waals surface area (Å²) >= 11 is 6.05. The van der Waals surface area contributed by atoms with Crippen molar-refractivity contribution in [3.63, 3.8) is 0 Å². The maximum absolute atomic E-state index is 12.7. The fourth-order valence-electron chi connectivity index (χ4n) is 3.05. The van der Waals surface area contributed by atoms with Gasteiger partial charge in [-0.05, 0) is 24.6 Å². The van der Waals surface area contributed by atoms with Gasteiger partial charge in [-0.25, -0.2) is 4.68 Å². The van der Waals surface area contributed by atoms with Gasteiger partial charge in [0.1, 0.15) is 5.82 Å². The van der Waals surface area contributed by atoms with Gasteiger partial charge in [-0.2, -0.15) is 10.2 Å². The van der Waals surface area contributed by atoms with E-state index >= 15 is 0 Å². The highest BCUT2D eigenvalue weighted by atomic mass is 35.5. The number of carbonyl (C=O) groups excluding carboxylic acids is 1. The Morgan fingerprint density at radius 2 is 2.31 bits per heavy atom. The maximum atomic E-state index is 12.7. The Labute approximate surface area is 155 Å². The molecule has 3 aromatic rings. The van der Waals surface area contributed by atoms with Crippen LogP contribution in [0.15, 0.2) is 30.3 Å². The van der Waals surface area contributed by atoms with Crippen LogP contribution in [0.1, 0.15) is 33.0 Å². The third-order valence-electron chi connectivity index (χ3n) is 4.28. The Bertz CT molecular complexity index is 962. The molecule has 26 heavy (non-hydrogen) atoms. The van der Waals surface area contributed by atoms with Gasteiger partial charge in [0.2, 0.25) is 0 Å². The topological polar surface area (TPSA) is 84.8 Å². The number of nitrogens with zero attached hydrogens (tertiary/aromatic N) is 3. The number of ether oxygens (including phenoxy) is 1. The van der Waals surface area contributed by atoms with E-state index in [1.807, 2.05) is 37.3 Å². The molecule has 1 aliphatic heterocycles. The summed E-state index contributed by atoms with van der Waals surface area (Å²) in [6.45, 7) is 3.43. The Kier molecular flexibility index (Phi) is 4.48. The average Bonchev–Trinajstić information content (AvgIpc) is 3.18. The summed E-state index contributed by atoms with van der Waals surface area (Å²) in [5, 5.41) is 15.1. The minimum atomic E-state index is -0.278. The van der Waals surface area contributed by atoms with E-state index in [0.717, 1.165) is 28.9 Å². The quantitative estimate of drug-likeness (QED) is 0.738. The molecule has 8 heteroatoms. The fourth-order valence-corrected chi connectivity index (χ4v) is 3.26. The van der Waals surface area contributed by atoms with Crippen LogP contribution in [0.25, 0.3) is 0 Å². The van der Waals surface area contributed by atoms with Gasteiger partial charge in [0, 0.05) is 28.8 Å². The lowest BCUT2D eigenvalue weighted by Gasteiger charge is -2.12. The molecule has 1 aliphatic rings. The molecule has 0 fully saturated rings. The number of aromatic nitrogens is 4. The van der Waals surface area contributed by atoms with E-state index in [0.29, 0.717) is 36.3 Å². The highest BCUT2D eigenvalue weighted by Crippen LogP contribution is 2.20. The summed E-state index contributed by atoms with van der Waals surface area (Å²) in [4.78, 5) is 12.7. The first-order valence-corrected chi connectivity index (χ1v) is 8.72. The number of anilines is 1. The van der Waals surface area contributed by atoms with E-state index in [2.05, 4.69) is 20.6 Å². The average molecular weight is 372 g/mol. The molecular weight excluding hydrogens is 354 g/mol. The van der Waals surface area contributed by atoms with Crippen LogP contribution in [0.3, 0.4) is 0 Å². The smallest absolute Gasteiger partial charge is 0.277 e. The van der Waals surface area contributed by atoms with Crippen molar-refractivity contribution in [2.45, 2.75) is 26.5 Å². The zero-order valence-electron chi connectivity index (χ0n) is 14.3. The van der Waals surface area contributed by atoms with Gasteiger partial charge in [0.05, 0.1) is 25.5 Å². The van der Waals surface area contributed by atoms with Crippen molar-refractivity contribution in [1.82, 2.24) is 20.0 Å². The van der Waals surface area contributed by atoms with Gasteiger partial charge >= 0.3 is 0 Å². The lowest BCUT2D eigenvalue weighted by molar-refractivity contribution is 0.0984. The van der Waals surface area contributed by atoms with Gasteiger partial charge in [0.15, 0.2) is 5.69 Å². The molecule has 0 atom stereocenters. The molecule has 2 aromatic heterocycles. The second-order valence-corrected chi connectivity index (χ2v) is 6.68. The summed E-state index contributed by atoms with van der Waals surface area (Å²) < 4.78 is 7.19. The molecule has 0 radical (unpaired) electrons. The second-order valence-electron chi connectivity index (χ2n) is 6.24. The Morgan fingerprint density at radius 1 is 1.42 bits per heavy atom. The highest BCUT2D eigenvalue weighted by molar-refractivity contribution is 6.30. The van der Waals surface area contributed by atoms with E-state index < -0.39 is 0 Å². The van der Waals surface area contributed by atoms with E-state index in [9.17, 15) is 4.79 Å². The molecule has 4 rings (SSSR count). The number of aromatic amines is 1. The number of fused-ring (bicyclic) bond motifs is 1. The normalized spacial score (nSPS) is 13.5. The zero-order valence-corrected chi connectivity index (χ0v) is 15.0. The SMILES string of the molecule is Cc1cc(NC(=O)c2n[nH]c3c2COCC3)n(Cc2cccc(Cl)c2)n1. The van der Waals surface area contributed by atoms with Gasteiger partial charge < -0.3 is 10.1 Å². The van der Waals surface area contributed by atoms with Crippen molar-refractivity contribution in [2.75, 3.05) is 11.9 Å². The standard InChI is InChI=1S/C18H18ClN5O2/c1-11-7-16(24(23-11)9-12-3-2-4-13(19)8-12)20-18(25)17-14-10-26-6-5-15(14)21-22-17/h2-4,7-8H,5-6,9-10H2,1H3,(H,20,25)(H,21,22). The van der Waals surface area contributed by atoms with Crippen LogP contribution in [0, 0.1) is 6.92 Å². The molecule has 0 saturated heterocycles. The molecule has 0 saturated carbocycles. The largest absolute Gasteiger partial charge is 0.376 e. The number of benzene rings is 1. The van der Waals surface area contributed by atoms with Crippen molar-refractivity contribution in [1.29, 1.82) is 0 Å². The Hall–Kier alpha value is -2.64. The summed E-state index contributed by atoms with van der Waals surface area (Å²) in [7, 11) is 0. The molecule has 0 bridgehead atoms. The van der Waals surface area contributed by atoms with Crippen LogP contribution >= 0.6 is 11.6 Å². The number of H-pyrrole nitrogens is 1. The Balaban J connectivity index is 1.57. The van der Waals surface area contributed by atoms with Gasteiger partial charge in [-0.1, -0.05) is 23.7 Å². The van der Waals surface area contributed by atoms with Crippen LogP contribution in [-0.2, 0) is 24.3 Å². The zero-order chi connectivity index (χ0) is 18.1. The summed E-state index contributed by atoms with van der Waals surface area (Å²) in [6, 6.07) is 9.40. The molecule has 0 unspecified atom stereocenters. The van der Waals surface area contributed by atoms with E-state index in [1.54, 1.807) is 4.68 Å². The van der Waals surface area contributed by atoms with Crippen molar-refractivity contribution in [3.05, 3.63) is 63.6 Å². The van der Waals surface area contributed by atoms with Crippen molar-refractivity contribution in [3.8, 4) is 0 Å². The lowest BCUT2D eigenvalue weighted by Crippen LogP contribution is -2.19. The monoisotopic (exact) mass is 371 g/mol. The van der Waals surface area contributed by atoms with E-state index in [1.165, 1.54) is 0 Å². The van der Waals surface area contributed by atoms with Crippen molar-refractivity contribution in [2.24, 2.45) is 0 Å². The molecule has 7 nitrogen and oxygen atoms in total. The number of carbonyl (C=O) groups is 1. The minimum Gasteiger partial charge on any atom is -0.376 e. The van der Waals surface area contributed by atoms with Crippen molar-refractivity contribution >= 4 is 23.3 Å². The maximum Gasteiger partial charge on any atom is 0.277 e. The van der Waals surface area contributed by atoms with Crippen LogP contribution in [0.4, 0.5) is 5.82 Å². The van der Waals surface area contributed by atoms with Crippen LogP contribution in [0.2, 0.25) is 5.02 Å². The molecule has 1 aromatic carbocycles. The van der Waals surface area contributed by atoms with Gasteiger partial charge in [-0.15, -0.1) is 0 Å². The van der Waals surface area contributed by atoms with Crippen LogP contribution < -0.4 is 5.32 Å². The predicted octanol–water partition coefficient (Wildman–Crippen LogP) is 2.94. The number of halogens is 1. The summed E-state index contributed by atoms with van der Waals surface area (Å²) in [5.41, 5.74) is 3.97. The molecule has 1 amide bonds. The fraction of sp³-hybridized carbons (Fsp3) is 0.278. The highest BCUT2D eigenvalue weighted by Gasteiger charge is 2.23. The molecule has 2 N–H and O–H groups in total. The molecule has 0 aliphatic carbocycles. The molecule has 0 spiro atoms. The number of hydrogen-bond acceptors (Lipinski definition) is 4. The number of hydrogen-bond donors (Lipinski definition) is 2. The minimum absolute atomic E-state index is 0.278. The first-order chi connectivity index (χ1) is 12.6. The van der Waals surface area contributed by atoms with Crippen LogP contribution in [0.5, 0.6) is 0 Å². The molecular formula is C18H18ClN5O2. The number of aryl methyl sites for hydroxylation is 1. The van der Waals surface area contributed by atoms with E-state index in [-0.39, 0.29) is 5.91 Å². The molecule has 3 heterocycles. The molecule has 134 valence electrons. The number of nitrogens with one attached hydrogen (secondary N) is 2. The first-order valence-electron chi connectivity index (χ1n) is 8.34. The summed E-state index contributed by atoms with van der Waals surface area (Å²) in [6.07, 6.45) is 0.738.